The van der Waals surface area contributed by atoms with E-state index in [1.807, 2.05) is 6.92 Å². The molecule has 4 nitrogen and oxygen atoms in total. The van der Waals surface area contributed by atoms with Crippen LogP contribution in [0, 0.1) is 0 Å². The molecule has 1 aromatic carbocycles. The van der Waals surface area contributed by atoms with Gasteiger partial charge in [-0.1, -0.05) is 12.1 Å². The highest BCUT2D eigenvalue weighted by molar-refractivity contribution is 5.97. The molecule has 7 heteroatoms. The van der Waals surface area contributed by atoms with E-state index >= 15 is 0 Å². The second-order valence-electron chi connectivity index (χ2n) is 4.65. The third-order valence-electron chi connectivity index (χ3n) is 3.00. The van der Waals surface area contributed by atoms with Gasteiger partial charge in [0.2, 0.25) is 0 Å². The molecule has 1 aliphatic rings. The number of ether oxygens (including phenoxy) is 1. The molecule has 0 spiro atoms. The quantitative estimate of drug-likeness (QED) is 0.905. The van der Waals surface area contributed by atoms with Gasteiger partial charge < -0.3 is 15.0 Å². The molecule has 1 aliphatic heterocycles. The van der Waals surface area contributed by atoms with Crippen LogP contribution in [0.1, 0.15) is 17.3 Å². The molecule has 2 rings (SSSR count). The average Bonchev–Trinajstić information content (AvgIpc) is 2.37. The average molecular weight is 288 g/mol. The van der Waals surface area contributed by atoms with Crippen LogP contribution >= 0.6 is 0 Å². The number of hydrogen-bond acceptors (Lipinski definition) is 3. The number of carbonyl (C=O) groups excluding carboxylic acids is 1. The Morgan fingerprint density at radius 3 is 2.75 bits per heavy atom. The molecule has 0 radical (unpaired) electrons. The lowest BCUT2D eigenvalue weighted by molar-refractivity contribution is -0.274. The number of carbonyl (C=O) groups is 1. The summed E-state index contributed by atoms with van der Waals surface area (Å²) in [4.78, 5) is 13.8. The highest BCUT2D eigenvalue weighted by Gasteiger charge is 2.33. The van der Waals surface area contributed by atoms with Crippen LogP contribution in [0.2, 0.25) is 0 Å². The summed E-state index contributed by atoms with van der Waals surface area (Å²) in [5, 5.41) is 3.17. The lowest BCUT2D eigenvalue weighted by Crippen LogP contribution is -2.51. The molecular formula is C13H15F3N2O2. The summed E-state index contributed by atoms with van der Waals surface area (Å²) < 4.78 is 40.9. The minimum atomic E-state index is -4.81. The highest BCUT2D eigenvalue weighted by Crippen LogP contribution is 2.27. The number of hydrogen-bond donors (Lipinski definition) is 1. The number of nitrogens with one attached hydrogen (secondary N) is 1. The first kappa shape index (κ1) is 14.6. The van der Waals surface area contributed by atoms with Crippen molar-refractivity contribution in [3.8, 4) is 5.75 Å². The Morgan fingerprint density at radius 1 is 1.40 bits per heavy atom. The van der Waals surface area contributed by atoms with Crippen LogP contribution in [-0.2, 0) is 0 Å². The van der Waals surface area contributed by atoms with Crippen molar-refractivity contribution in [3.05, 3.63) is 29.8 Å². The standard InChI is InChI=1S/C13H15F3N2O2/c1-9-8-18(7-6-17-9)12(19)10-4-2-3-5-11(10)20-13(14,15)16/h2-5,9,17H,6-8H2,1H3/t9-/m1/s1. The van der Waals surface area contributed by atoms with Gasteiger partial charge in [0.15, 0.2) is 0 Å². The SMILES string of the molecule is C[C@@H]1CN(C(=O)c2ccccc2OC(F)(F)F)CCN1. The number of nitrogens with zero attached hydrogens (tertiary/aromatic N) is 1. The molecule has 0 aromatic heterocycles. The molecule has 1 saturated heterocycles. The summed E-state index contributed by atoms with van der Waals surface area (Å²) in [7, 11) is 0. The Hall–Kier alpha value is -1.76. The van der Waals surface area contributed by atoms with Gasteiger partial charge in [0.05, 0.1) is 5.56 Å². The number of halogens is 3. The highest BCUT2D eigenvalue weighted by atomic mass is 19.4. The van der Waals surface area contributed by atoms with Gasteiger partial charge in [-0.05, 0) is 19.1 Å². The van der Waals surface area contributed by atoms with Crippen LogP contribution in [-0.4, -0.2) is 42.8 Å². The van der Waals surface area contributed by atoms with Crippen molar-refractivity contribution in [1.82, 2.24) is 10.2 Å². The lowest BCUT2D eigenvalue weighted by Gasteiger charge is -2.32. The summed E-state index contributed by atoms with van der Waals surface area (Å²) >= 11 is 0. The van der Waals surface area contributed by atoms with Crippen LogP contribution in [0.25, 0.3) is 0 Å². The minimum Gasteiger partial charge on any atom is -0.405 e. The molecule has 110 valence electrons. The molecular weight excluding hydrogens is 273 g/mol. The first-order valence-corrected chi connectivity index (χ1v) is 6.24. The van der Waals surface area contributed by atoms with Gasteiger partial charge in [0.1, 0.15) is 5.75 Å². The zero-order valence-corrected chi connectivity index (χ0v) is 10.9. The fraction of sp³-hybridized carbons (Fsp3) is 0.462. The first-order chi connectivity index (χ1) is 9.37. The maximum atomic E-state index is 12.3. The van der Waals surface area contributed by atoms with E-state index in [4.69, 9.17) is 0 Å². The number of para-hydroxylation sites is 1. The monoisotopic (exact) mass is 288 g/mol. The van der Waals surface area contributed by atoms with E-state index in [0.29, 0.717) is 19.6 Å². The molecule has 1 fully saturated rings. The van der Waals surface area contributed by atoms with Crippen molar-refractivity contribution in [3.63, 3.8) is 0 Å². The van der Waals surface area contributed by atoms with Crippen molar-refractivity contribution in [1.29, 1.82) is 0 Å². The second kappa shape index (κ2) is 5.70. The van der Waals surface area contributed by atoms with E-state index < -0.39 is 18.0 Å². The number of rotatable bonds is 2. The third kappa shape index (κ3) is 3.63. The normalized spacial score (nSPS) is 19.8. The second-order valence-corrected chi connectivity index (χ2v) is 4.65. The van der Waals surface area contributed by atoms with E-state index in [1.54, 1.807) is 0 Å². The van der Waals surface area contributed by atoms with Crippen molar-refractivity contribution in [2.45, 2.75) is 19.3 Å². The molecule has 1 aromatic rings. The van der Waals surface area contributed by atoms with Gasteiger partial charge in [0, 0.05) is 25.7 Å². The molecule has 0 aliphatic carbocycles. The maximum absolute atomic E-state index is 12.3. The Labute approximate surface area is 114 Å². The largest absolute Gasteiger partial charge is 0.573 e. The fourth-order valence-electron chi connectivity index (χ4n) is 2.14. The zero-order chi connectivity index (χ0) is 14.8. The first-order valence-electron chi connectivity index (χ1n) is 6.24. The van der Waals surface area contributed by atoms with Crippen LogP contribution < -0.4 is 10.1 Å². The summed E-state index contributed by atoms with van der Waals surface area (Å²) in [6, 6.07) is 5.52. The summed E-state index contributed by atoms with van der Waals surface area (Å²) in [6.07, 6.45) is -4.81. The van der Waals surface area contributed by atoms with Gasteiger partial charge in [-0.25, -0.2) is 0 Å². The van der Waals surface area contributed by atoms with Crippen molar-refractivity contribution >= 4 is 5.91 Å². The van der Waals surface area contributed by atoms with Gasteiger partial charge in [0.25, 0.3) is 5.91 Å². The zero-order valence-electron chi connectivity index (χ0n) is 10.9. The summed E-state index contributed by atoms with van der Waals surface area (Å²) in [5.41, 5.74) is -0.0704. The minimum absolute atomic E-state index is 0.0704. The molecule has 20 heavy (non-hydrogen) atoms. The molecule has 0 bridgehead atoms. The predicted molar refractivity (Wildman–Crippen MR) is 66.5 cm³/mol. The molecule has 0 unspecified atom stereocenters. The third-order valence-corrected chi connectivity index (χ3v) is 3.00. The Kier molecular flexibility index (Phi) is 4.17. The number of amides is 1. The number of alkyl halides is 3. The maximum Gasteiger partial charge on any atom is 0.573 e. The topological polar surface area (TPSA) is 41.6 Å². The van der Waals surface area contributed by atoms with Crippen molar-refractivity contribution in [2.75, 3.05) is 19.6 Å². The summed E-state index contributed by atoms with van der Waals surface area (Å²) in [6.45, 7) is 3.45. The molecule has 0 saturated carbocycles. The Balaban J connectivity index is 2.21. The fourth-order valence-corrected chi connectivity index (χ4v) is 2.14. The molecule has 1 heterocycles. The lowest BCUT2D eigenvalue weighted by atomic mass is 10.1. The smallest absolute Gasteiger partial charge is 0.405 e. The molecule has 1 N–H and O–H groups in total. The predicted octanol–water partition coefficient (Wildman–Crippen LogP) is 2.02. The van der Waals surface area contributed by atoms with E-state index in [0.717, 1.165) is 6.07 Å². The van der Waals surface area contributed by atoms with Crippen LogP contribution in [0.3, 0.4) is 0 Å². The van der Waals surface area contributed by atoms with Crippen LogP contribution in [0.15, 0.2) is 24.3 Å². The van der Waals surface area contributed by atoms with E-state index in [9.17, 15) is 18.0 Å². The van der Waals surface area contributed by atoms with E-state index in [2.05, 4.69) is 10.1 Å². The van der Waals surface area contributed by atoms with Crippen LogP contribution in [0.5, 0.6) is 5.75 Å². The Morgan fingerprint density at radius 2 is 2.10 bits per heavy atom. The number of benzene rings is 1. The number of piperazine rings is 1. The van der Waals surface area contributed by atoms with Gasteiger partial charge >= 0.3 is 6.36 Å². The van der Waals surface area contributed by atoms with Crippen LogP contribution in [0.4, 0.5) is 13.2 Å². The van der Waals surface area contributed by atoms with E-state index in [1.165, 1.54) is 23.1 Å². The van der Waals surface area contributed by atoms with Gasteiger partial charge in [-0.3, -0.25) is 4.79 Å². The van der Waals surface area contributed by atoms with Crippen molar-refractivity contribution < 1.29 is 22.7 Å². The van der Waals surface area contributed by atoms with Gasteiger partial charge in [-0.2, -0.15) is 0 Å². The van der Waals surface area contributed by atoms with E-state index in [-0.39, 0.29) is 11.6 Å². The van der Waals surface area contributed by atoms with Gasteiger partial charge in [-0.15, -0.1) is 13.2 Å². The Bertz CT molecular complexity index is 491. The molecule has 1 amide bonds. The van der Waals surface area contributed by atoms with Crippen molar-refractivity contribution in [2.24, 2.45) is 0 Å². The molecule has 1 atom stereocenters. The summed E-state index contributed by atoms with van der Waals surface area (Å²) in [5.74, 6) is -0.908.